The number of hydrogen-bond donors (Lipinski definition) is 0. The van der Waals surface area contributed by atoms with Gasteiger partial charge >= 0.3 is 11.9 Å². The highest BCUT2D eigenvalue weighted by atomic mass is 31.2. The first-order valence-corrected chi connectivity index (χ1v) is 13.2. The number of carbonyl (C=O) groups excluding carboxylic acids is 2. The molecule has 33 heavy (non-hydrogen) atoms. The van der Waals surface area contributed by atoms with Gasteiger partial charge in [-0.15, -0.1) is 0 Å². The second-order valence-corrected chi connectivity index (χ2v) is 11.6. The fraction of sp³-hybridized carbons (Fsp3) is 0.259. The van der Waals surface area contributed by atoms with Crippen LogP contribution in [0.15, 0.2) is 91.0 Å². The van der Waals surface area contributed by atoms with Crippen molar-refractivity contribution in [1.29, 1.82) is 0 Å². The summed E-state index contributed by atoms with van der Waals surface area (Å²) in [5, 5.41) is 0.786. The van der Waals surface area contributed by atoms with Crippen LogP contribution in [0.3, 0.4) is 0 Å². The normalized spacial score (nSPS) is 16.5. The summed E-state index contributed by atoms with van der Waals surface area (Å²) >= 11 is 0. The fourth-order valence-electron chi connectivity index (χ4n) is 4.15. The van der Waals surface area contributed by atoms with Crippen molar-refractivity contribution in [1.82, 2.24) is 0 Å². The molecule has 1 aliphatic heterocycles. The first kappa shape index (κ1) is 23.0. The second-order valence-electron chi connectivity index (χ2n) is 8.38. The molecule has 3 aromatic carbocycles. The molecule has 1 heterocycles. The van der Waals surface area contributed by atoms with E-state index in [0.717, 1.165) is 16.4 Å². The third kappa shape index (κ3) is 5.26. The number of esters is 2. The third-order valence-electron chi connectivity index (χ3n) is 6.23. The minimum Gasteiger partial charge on any atom is -0.460 e. The van der Waals surface area contributed by atoms with E-state index in [9.17, 15) is 14.2 Å². The van der Waals surface area contributed by atoms with Crippen molar-refractivity contribution < 1.29 is 23.6 Å². The Morgan fingerprint density at radius 3 is 1.48 bits per heavy atom. The molecule has 0 amide bonds. The summed E-state index contributed by atoms with van der Waals surface area (Å²) in [6.45, 7) is 0.146. The Morgan fingerprint density at radius 1 is 0.667 bits per heavy atom. The second kappa shape index (κ2) is 10.2. The molecule has 6 heteroatoms. The summed E-state index contributed by atoms with van der Waals surface area (Å²) in [6, 6.07) is 28.0. The van der Waals surface area contributed by atoms with Crippen molar-refractivity contribution in [2.24, 2.45) is 5.41 Å². The Labute approximate surface area is 194 Å². The van der Waals surface area contributed by atoms with Crippen LogP contribution in [-0.4, -0.2) is 24.3 Å². The lowest BCUT2D eigenvalue weighted by Crippen LogP contribution is -2.46. The maximum atomic E-state index is 13.6. The molecule has 0 N–H and O–H groups in total. The smallest absolute Gasteiger partial charge is 0.323 e. The zero-order valence-electron chi connectivity index (χ0n) is 18.4. The minimum atomic E-state index is -2.69. The van der Waals surface area contributed by atoms with E-state index in [1.54, 1.807) is 0 Å². The molecule has 1 aliphatic rings. The van der Waals surface area contributed by atoms with Crippen molar-refractivity contribution in [3.8, 4) is 0 Å². The molecular weight excluding hydrogens is 435 g/mol. The molecule has 0 aromatic heterocycles. The van der Waals surface area contributed by atoms with Gasteiger partial charge in [0.15, 0.2) is 5.41 Å². The van der Waals surface area contributed by atoms with Gasteiger partial charge in [-0.25, -0.2) is 0 Å². The maximum absolute atomic E-state index is 13.6. The van der Waals surface area contributed by atoms with E-state index in [4.69, 9.17) is 9.47 Å². The molecule has 0 radical (unpaired) electrons. The van der Waals surface area contributed by atoms with Crippen LogP contribution in [-0.2, 0) is 36.8 Å². The molecule has 3 aromatic rings. The monoisotopic (exact) mass is 462 g/mol. The van der Waals surface area contributed by atoms with E-state index in [-0.39, 0.29) is 38.4 Å². The number of benzene rings is 3. The van der Waals surface area contributed by atoms with Gasteiger partial charge in [0.25, 0.3) is 0 Å². The predicted octanol–water partition coefficient (Wildman–Crippen LogP) is 4.94. The van der Waals surface area contributed by atoms with Crippen LogP contribution in [0.5, 0.6) is 0 Å². The van der Waals surface area contributed by atoms with Gasteiger partial charge < -0.3 is 14.0 Å². The quantitative estimate of drug-likeness (QED) is 0.283. The minimum absolute atomic E-state index is 0.0731. The largest absolute Gasteiger partial charge is 0.460 e. The van der Waals surface area contributed by atoms with Crippen molar-refractivity contribution in [3.63, 3.8) is 0 Å². The Bertz CT molecular complexity index is 1060. The van der Waals surface area contributed by atoms with E-state index in [1.807, 2.05) is 91.0 Å². The van der Waals surface area contributed by atoms with Crippen LogP contribution in [0.2, 0.25) is 0 Å². The summed E-state index contributed by atoms with van der Waals surface area (Å²) in [5.74, 6) is -1.22. The van der Waals surface area contributed by atoms with Crippen molar-refractivity contribution >= 4 is 24.4 Å². The van der Waals surface area contributed by atoms with Crippen LogP contribution in [0.4, 0.5) is 0 Å². The van der Waals surface area contributed by atoms with E-state index >= 15 is 0 Å². The lowest BCUT2D eigenvalue weighted by Gasteiger charge is -2.36. The zero-order chi connectivity index (χ0) is 23.2. The maximum Gasteiger partial charge on any atom is 0.323 e. The number of ether oxygens (including phenoxy) is 2. The van der Waals surface area contributed by atoms with Gasteiger partial charge in [0.2, 0.25) is 0 Å². The highest BCUT2D eigenvalue weighted by Crippen LogP contribution is 2.54. The van der Waals surface area contributed by atoms with Crippen LogP contribution < -0.4 is 5.30 Å². The molecule has 1 fully saturated rings. The first-order chi connectivity index (χ1) is 16.0. The predicted molar refractivity (Wildman–Crippen MR) is 128 cm³/mol. The number of hydrogen-bond acceptors (Lipinski definition) is 5. The van der Waals surface area contributed by atoms with Gasteiger partial charge in [0.05, 0.1) is 0 Å². The van der Waals surface area contributed by atoms with E-state index in [0.29, 0.717) is 0 Å². The molecule has 0 saturated carbocycles. The molecule has 0 bridgehead atoms. The highest BCUT2D eigenvalue weighted by molar-refractivity contribution is 7.71. The van der Waals surface area contributed by atoms with Crippen LogP contribution >= 0.6 is 7.14 Å². The molecule has 170 valence electrons. The van der Waals surface area contributed by atoms with E-state index in [1.165, 1.54) is 0 Å². The SMILES string of the molecule is O=C(OCc1ccccc1)C1(C(=O)OCc2ccccc2)CCP(=O)(c2ccccc2)CC1. The van der Waals surface area contributed by atoms with Crippen molar-refractivity contribution in [3.05, 3.63) is 102 Å². The lowest BCUT2D eigenvalue weighted by molar-refractivity contribution is -0.175. The molecule has 0 unspecified atom stereocenters. The van der Waals surface area contributed by atoms with Gasteiger partial charge in [-0.2, -0.15) is 0 Å². The molecule has 0 aliphatic carbocycles. The van der Waals surface area contributed by atoms with Crippen LogP contribution in [0, 0.1) is 5.41 Å². The summed E-state index contributed by atoms with van der Waals surface area (Å²) in [5.41, 5.74) is 0.223. The first-order valence-electron chi connectivity index (χ1n) is 11.1. The number of carbonyl (C=O) groups is 2. The number of rotatable bonds is 7. The molecule has 0 spiro atoms. The molecule has 1 saturated heterocycles. The molecule has 5 nitrogen and oxygen atoms in total. The Kier molecular flexibility index (Phi) is 7.10. The van der Waals surface area contributed by atoms with Gasteiger partial charge in [0, 0.05) is 17.6 Å². The lowest BCUT2D eigenvalue weighted by atomic mass is 9.82. The van der Waals surface area contributed by atoms with Gasteiger partial charge in [-0.1, -0.05) is 91.0 Å². The Morgan fingerprint density at radius 2 is 1.06 bits per heavy atom. The summed E-state index contributed by atoms with van der Waals surface area (Å²) in [6.07, 6.45) is 0.802. The Balaban J connectivity index is 1.52. The van der Waals surface area contributed by atoms with E-state index in [2.05, 4.69) is 0 Å². The molecule has 0 atom stereocenters. The van der Waals surface area contributed by atoms with Gasteiger partial charge in [-0.3, -0.25) is 9.59 Å². The average molecular weight is 462 g/mol. The van der Waals surface area contributed by atoms with Crippen LogP contribution in [0.25, 0.3) is 0 Å². The zero-order valence-corrected chi connectivity index (χ0v) is 19.3. The summed E-state index contributed by atoms with van der Waals surface area (Å²) in [7, 11) is -2.69. The standard InChI is InChI=1S/C27H27O5P/c28-25(31-20-22-10-4-1-5-11-22)27(26(29)32-21-23-12-6-2-7-13-23)16-18-33(30,19-17-27)24-14-8-3-9-15-24/h1-15H,16-21H2. The van der Waals surface area contributed by atoms with E-state index < -0.39 is 24.5 Å². The molecule has 4 rings (SSSR count). The van der Waals surface area contributed by atoms with Crippen LogP contribution in [0.1, 0.15) is 24.0 Å². The topological polar surface area (TPSA) is 69.7 Å². The Hall–Kier alpha value is -3.17. The van der Waals surface area contributed by atoms with Crippen molar-refractivity contribution in [2.45, 2.75) is 26.1 Å². The third-order valence-corrected chi connectivity index (χ3v) is 9.36. The average Bonchev–Trinajstić information content (AvgIpc) is 2.88. The summed E-state index contributed by atoms with van der Waals surface area (Å²) < 4.78 is 24.8. The van der Waals surface area contributed by atoms with Crippen molar-refractivity contribution in [2.75, 3.05) is 12.3 Å². The van der Waals surface area contributed by atoms with Gasteiger partial charge in [-0.05, 0) is 24.0 Å². The fourth-order valence-corrected chi connectivity index (χ4v) is 7.09. The van der Waals surface area contributed by atoms with Gasteiger partial charge in [0.1, 0.15) is 20.4 Å². The summed E-state index contributed by atoms with van der Waals surface area (Å²) in [4.78, 5) is 26.6. The molecular formula is C27H27O5P. The highest BCUT2D eigenvalue weighted by Gasteiger charge is 2.53.